The number of ether oxygens (including phenoxy) is 1. The zero-order chi connectivity index (χ0) is 19.2. The number of nitrogens with zero attached hydrogens (tertiary/aromatic N) is 1. The molecule has 1 aliphatic heterocycles. The maximum absolute atomic E-state index is 12.8. The number of likely N-dealkylation sites (tertiary alicyclic amines) is 1. The van der Waals surface area contributed by atoms with Crippen LogP contribution in [0.1, 0.15) is 46.0 Å². The minimum atomic E-state index is -0.262. The van der Waals surface area contributed by atoms with Crippen LogP contribution in [0.15, 0.2) is 54.6 Å². The molecule has 1 fully saturated rings. The topological polar surface area (TPSA) is 63.7 Å². The highest BCUT2D eigenvalue weighted by atomic mass is 16.5. The van der Waals surface area contributed by atoms with Crippen LogP contribution >= 0.6 is 0 Å². The molecule has 27 heavy (non-hydrogen) atoms. The highest BCUT2D eigenvalue weighted by molar-refractivity contribution is 6.09. The zero-order valence-electron chi connectivity index (χ0n) is 15.4. The summed E-state index contributed by atoms with van der Waals surface area (Å²) in [6.45, 7) is 3.13. The fourth-order valence-electron chi connectivity index (χ4n) is 3.32. The summed E-state index contributed by atoms with van der Waals surface area (Å²) in [5.41, 5.74) is 1.68. The van der Waals surface area contributed by atoms with Crippen molar-refractivity contribution >= 4 is 17.7 Å². The van der Waals surface area contributed by atoms with Crippen molar-refractivity contribution in [1.29, 1.82) is 0 Å². The van der Waals surface area contributed by atoms with Gasteiger partial charge in [-0.1, -0.05) is 42.5 Å². The predicted molar refractivity (Wildman–Crippen MR) is 102 cm³/mol. The zero-order valence-corrected chi connectivity index (χ0v) is 15.4. The number of esters is 1. The van der Waals surface area contributed by atoms with Gasteiger partial charge in [-0.05, 0) is 31.9 Å². The van der Waals surface area contributed by atoms with Gasteiger partial charge in [0, 0.05) is 29.8 Å². The summed E-state index contributed by atoms with van der Waals surface area (Å²) in [6.07, 6.45) is 1.52. The summed E-state index contributed by atoms with van der Waals surface area (Å²) in [4.78, 5) is 38.9. The highest BCUT2D eigenvalue weighted by Crippen LogP contribution is 2.20. The Labute approximate surface area is 158 Å². The smallest absolute Gasteiger partial charge is 0.310 e. The summed E-state index contributed by atoms with van der Waals surface area (Å²) >= 11 is 0. The molecule has 1 amide bonds. The second-order valence-electron chi connectivity index (χ2n) is 6.61. The SMILES string of the molecule is CCOC(=O)[C@@H]1CCCN(C(=O)c2ccc(C(=O)c3ccccc3)cc2)C1. The van der Waals surface area contributed by atoms with E-state index in [0.29, 0.717) is 36.4 Å². The molecule has 0 spiro atoms. The van der Waals surface area contributed by atoms with Crippen LogP contribution in [-0.2, 0) is 9.53 Å². The lowest BCUT2D eigenvalue weighted by atomic mass is 9.97. The number of carbonyl (C=O) groups excluding carboxylic acids is 3. The standard InChI is InChI=1S/C22H23NO4/c1-2-27-22(26)19-9-6-14-23(15-19)21(25)18-12-10-17(11-13-18)20(24)16-7-4-3-5-8-16/h3-5,7-8,10-13,19H,2,6,9,14-15H2,1H3/t19-/m1/s1. The van der Waals surface area contributed by atoms with E-state index >= 15 is 0 Å². The third-order valence-corrected chi connectivity index (χ3v) is 4.76. The average Bonchev–Trinajstić information content (AvgIpc) is 2.73. The van der Waals surface area contributed by atoms with Gasteiger partial charge < -0.3 is 9.64 Å². The van der Waals surface area contributed by atoms with Crippen LogP contribution < -0.4 is 0 Å². The molecule has 2 aromatic carbocycles. The second-order valence-corrected chi connectivity index (χ2v) is 6.61. The molecule has 0 radical (unpaired) electrons. The molecular weight excluding hydrogens is 342 g/mol. The molecule has 2 aromatic rings. The number of piperidine rings is 1. The molecule has 0 saturated carbocycles. The van der Waals surface area contributed by atoms with Crippen molar-refractivity contribution < 1.29 is 19.1 Å². The molecule has 5 nitrogen and oxygen atoms in total. The van der Waals surface area contributed by atoms with E-state index in [1.807, 2.05) is 18.2 Å². The van der Waals surface area contributed by atoms with Crippen LogP contribution in [0.4, 0.5) is 0 Å². The molecule has 1 atom stereocenters. The highest BCUT2D eigenvalue weighted by Gasteiger charge is 2.29. The van der Waals surface area contributed by atoms with Crippen LogP contribution in [0.25, 0.3) is 0 Å². The Morgan fingerprint density at radius 1 is 0.963 bits per heavy atom. The summed E-state index contributed by atoms with van der Waals surface area (Å²) in [5.74, 6) is -0.696. The Kier molecular flexibility index (Phi) is 6.01. The van der Waals surface area contributed by atoms with Gasteiger partial charge in [0.1, 0.15) is 0 Å². The van der Waals surface area contributed by atoms with Gasteiger partial charge in [-0.3, -0.25) is 14.4 Å². The van der Waals surface area contributed by atoms with Crippen molar-refractivity contribution in [3.05, 3.63) is 71.3 Å². The van der Waals surface area contributed by atoms with Crippen molar-refractivity contribution in [2.75, 3.05) is 19.7 Å². The number of rotatable bonds is 5. The maximum Gasteiger partial charge on any atom is 0.310 e. The summed E-state index contributed by atoms with van der Waals surface area (Å²) in [7, 11) is 0. The van der Waals surface area contributed by atoms with Crippen LogP contribution in [0.3, 0.4) is 0 Å². The van der Waals surface area contributed by atoms with Crippen molar-refractivity contribution in [3.8, 4) is 0 Å². The van der Waals surface area contributed by atoms with Crippen LogP contribution in [-0.4, -0.2) is 42.3 Å². The summed E-state index contributed by atoms with van der Waals surface area (Å²) in [5, 5.41) is 0. The third kappa shape index (κ3) is 4.42. The van der Waals surface area contributed by atoms with Crippen LogP contribution in [0.5, 0.6) is 0 Å². The lowest BCUT2D eigenvalue weighted by Crippen LogP contribution is -2.42. The fourth-order valence-corrected chi connectivity index (χ4v) is 3.32. The molecule has 1 heterocycles. The van der Waals surface area contributed by atoms with Gasteiger partial charge in [0.15, 0.2) is 5.78 Å². The maximum atomic E-state index is 12.8. The molecule has 0 N–H and O–H groups in total. The van der Waals surface area contributed by atoms with Crippen molar-refractivity contribution in [1.82, 2.24) is 4.90 Å². The third-order valence-electron chi connectivity index (χ3n) is 4.76. The van der Waals surface area contributed by atoms with Crippen molar-refractivity contribution in [2.24, 2.45) is 5.92 Å². The first-order valence-electron chi connectivity index (χ1n) is 9.26. The van der Waals surface area contributed by atoms with E-state index in [2.05, 4.69) is 0 Å². The Hall–Kier alpha value is -2.95. The average molecular weight is 365 g/mol. The number of hydrogen-bond donors (Lipinski definition) is 0. The Morgan fingerprint density at radius 3 is 2.26 bits per heavy atom. The van der Waals surface area contributed by atoms with E-state index in [4.69, 9.17) is 4.74 Å². The second kappa shape index (κ2) is 8.62. The normalized spacial score (nSPS) is 16.6. The van der Waals surface area contributed by atoms with E-state index in [0.717, 1.165) is 12.8 Å². The first kappa shape index (κ1) is 18.8. The number of benzene rings is 2. The Balaban J connectivity index is 1.68. The predicted octanol–water partition coefficient (Wildman–Crippen LogP) is 3.33. The fraction of sp³-hybridized carbons (Fsp3) is 0.318. The molecule has 5 heteroatoms. The molecule has 0 aromatic heterocycles. The van der Waals surface area contributed by atoms with E-state index in [1.165, 1.54) is 0 Å². The van der Waals surface area contributed by atoms with Gasteiger partial charge in [-0.25, -0.2) is 0 Å². The molecule has 0 unspecified atom stereocenters. The largest absolute Gasteiger partial charge is 0.466 e. The molecule has 140 valence electrons. The van der Waals surface area contributed by atoms with E-state index in [1.54, 1.807) is 48.2 Å². The molecule has 0 aliphatic carbocycles. The lowest BCUT2D eigenvalue weighted by Gasteiger charge is -2.31. The van der Waals surface area contributed by atoms with Crippen molar-refractivity contribution in [2.45, 2.75) is 19.8 Å². The van der Waals surface area contributed by atoms with E-state index in [-0.39, 0.29) is 23.6 Å². The van der Waals surface area contributed by atoms with E-state index in [9.17, 15) is 14.4 Å². The minimum Gasteiger partial charge on any atom is -0.466 e. The van der Waals surface area contributed by atoms with E-state index < -0.39 is 0 Å². The monoisotopic (exact) mass is 365 g/mol. The molecule has 3 rings (SSSR count). The number of amides is 1. The van der Waals surface area contributed by atoms with Crippen LogP contribution in [0.2, 0.25) is 0 Å². The van der Waals surface area contributed by atoms with Crippen molar-refractivity contribution in [3.63, 3.8) is 0 Å². The first-order valence-corrected chi connectivity index (χ1v) is 9.26. The Morgan fingerprint density at radius 2 is 1.59 bits per heavy atom. The quantitative estimate of drug-likeness (QED) is 0.602. The number of ketones is 1. The summed E-state index contributed by atoms with van der Waals surface area (Å²) < 4.78 is 5.08. The molecule has 0 bridgehead atoms. The first-order chi connectivity index (χ1) is 13.1. The summed E-state index contributed by atoms with van der Waals surface area (Å²) in [6, 6.07) is 15.7. The van der Waals surface area contributed by atoms with Gasteiger partial charge in [0.05, 0.1) is 12.5 Å². The van der Waals surface area contributed by atoms with Gasteiger partial charge in [-0.2, -0.15) is 0 Å². The minimum absolute atomic E-state index is 0.0741. The Bertz CT molecular complexity index is 814. The van der Waals surface area contributed by atoms with Gasteiger partial charge >= 0.3 is 5.97 Å². The molecular formula is C22H23NO4. The van der Waals surface area contributed by atoms with Gasteiger partial charge in [0.2, 0.25) is 0 Å². The van der Waals surface area contributed by atoms with Gasteiger partial charge in [0.25, 0.3) is 5.91 Å². The number of carbonyl (C=O) groups is 3. The molecule has 1 aliphatic rings. The lowest BCUT2D eigenvalue weighted by molar-refractivity contribution is -0.149. The number of hydrogen-bond acceptors (Lipinski definition) is 4. The van der Waals surface area contributed by atoms with Crippen LogP contribution in [0, 0.1) is 5.92 Å². The molecule has 1 saturated heterocycles. The van der Waals surface area contributed by atoms with Gasteiger partial charge in [-0.15, -0.1) is 0 Å².